The maximum Gasteiger partial charge on any atom is 0.303 e. The van der Waals surface area contributed by atoms with Gasteiger partial charge in [0.2, 0.25) is 0 Å². The number of unbranched alkanes of at least 4 members (excludes halogenated alkanes) is 10. The molecule has 1 aliphatic heterocycles. The SMILES string of the molecule is CCCCCCCCN(CCCCCCCC)C[C@H]1C[C@@H](c2ccc(CO)cc2)O[C@@H](c2ccc(-c3ccccc3CNC(=O)[C@H](C)OC(C)=O)cc2)O1. The molecule has 1 amide bonds. The lowest BCUT2D eigenvalue weighted by Gasteiger charge is -2.38. The number of aliphatic hydroxyl groups is 1. The van der Waals surface area contributed by atoms with Gasteiger partial charge in [0.25, 0.3) is 5.91 Å². The zero-order chi connectivity index (χ0) is 38.5. The van der Waals surface area contributed by atoms with E-state index in [0.29, 0.717) is 6.54 Å². The van der Waals surface area contributed by atoms with E-state index in [4.69, 9.17) is 14.2 Å². The molecule has 296 valence electrons. The Labute approximate surface area is 325 Å². The number of carbonyl (C=O) groups is 2. The van der Waals surface area contributed by atoms with Crippen LogP contribution in [0.1, 0.15) is 146 Å². The second kappa shape index (κ2) is 24.1. The normalized spacial score (nSPS) is 17.7. The highest BCUT2D eigenvalue weighted by atomic mass is 16.7. The van der Waals surface area contributed by atoms with E-state index in [-0.39, 0.29) is 24.7 Å². The molecule has 1 heterocycles. The number of amides is 1. The molecular weight excluding hydrogens is 677 g/mol. The van der Waals surface area contributed by atoms with Gasteiger partial charge < -0.3 is 29.5 Å². The van der Waals surface area contributed by atoms with Crippen molar-refractivity contribution in [2.75, 3.05) is 19.6 Å². The lowest BCUT2D eigenvalue weighted by Crippen LogP contribution is -2.40. The fourth-order valence-corrected chi connectivity index (χ4v) is 7.25. The van der Waals surface area contributed by atoms with Crippen molar-refractivity contribution in [2.24, 2.45) is 0 Å². The van der Waals surface area contributed by atoms with Gasteiger partial charge in [0, 0.05) is 32.0 Å². The van der Waals surface area contributed by atoms with Gasteiger partial charge in [-0.2, -0.15) is 0 Å². The number of benzene rings is 3. The molecule has 1 aliphatic rings. The van der Waals surface area contributed by atoms with E-state index in [0.717, 1.165) is 59.4 Å². The van der Waals surface area contributed by atoms with Crippen molar-refractivity contribution in [3.8, 4) is 11.1 Å². The smallest absolute Gasteiger partial charge is 0.303 e. The highest BCUT2D eigenvalue weighted by Gasteiger charge is 2.33. The topological polar surface area (TPSA) is 97.3 Å². The van der Waals surface area contributed by atoms with E-state index in [1.165, 1.54) is 84.0 Å². The number of nitrogens with zero attached hydrogens (tertiary/aromatic N) is 1. The van der Waals surface area contributed by atoms with Crippen molar-refractivity contribution in [1.82, 2.24) is 10.2 Å². The number of rotatable bonds is 24. The Balaban J connectivity index is 1.49. The van der Waals surface area contributed by atoms with E-state index in [9.17, 15) is 14.7 Å². The number of hydrogen-bond acceptors (Lipinski definition) is 7. The molecule has 4 atom stereocenters. The Morgan fingerprint density at radius 2 is 1.39 bits per heavy atom. The summed E-state index contributed by atoms with van der Waals surface area (Å²) < 4.78 is 18.6. The Morgan fingerprint density at radius 3 is 2.00 bits per heavy atom. The maximum atomic E-state index is 12.5. The summed E-state index contributed by atoms with van der Waals surface area (Å²) in [7, 11) is 0. The van der Waals surface area contributed by atoms with E-state index in [2.05, 4.69) is 60.5 Å². The third-order valence-electron chi connectivity index (χ3n) is 10.4. The molecule has 0 saturated carbocycles. The van der Waals surface area contributed by atoms with Gasteiger partial charge in [-0.25, -0.2) is 0 Å². The zero-order valence-corrected chi connectivity index (χ0v) is 33.4. The van der Waals surface area contributed by atoms with Crippen LogP contribution in [-0.2, 0) is 37.0 Å². The third-order valence-corrected chi connectivity index (χ3v) is 10.4. The summed E-state index contributed by atoms with van der Waals surface area (Å²) in [5.41, 5.74) is 5.93. The van der Waals surface area contributed by atoms with E-state index in [1.54, 1.807) is 6.92 Å². The molecule has 2 N–H and O–H groups in total. The average Bonchev–Trinajstić information content (AvgIpc) is 3.19. The lowest BCUT2D eigenvalue weighted by atomic mass is 9.97. The first-order chi connectivity index (χ1) is 26.3. The molecule has 4 rings (SSSR count). The lowest BCUT2D eigenvalue weighted by molar-refractivity contribution is -0.253. The summed E-state index contributed by atoms with van der Waals surface area (Å²) in [5.74, 6) is -0.825. The minimum atomic E-state index is -0.858. The van der Waals surface area contributed by atoms with Crippen molar-refractivity contribution in [3.63, 3.8) is 0 Å². The van der Waals surface area contributed by atoms with Crippen LogP contribution in [0.4, 0.5) is 0 Å². The maximum absolute atomic E-state index is 12.5. The van der Waals surface area contributed by atoms with Gasteiger partial charge in [0.15, 0.2) is 12.4 Å². The standard InChI is InChI=1S/C46H66N2O6/c1-5-7-9-11-13-17-29-48(30-18-14-12-10-8-6-2)33-42-31-44(39-23-21-37(34-49)22-24-39)54-46(53-42)40-27-25-38(26-28-40)43-20-16-15-19-41(43)32-47-45(51)35(3)52-36(4)50/h15-16,19-28,35,42,44,46,49H,5-14,17-18,29-34H2,1-4H3,(H,47,51)/t35-,42+,44-,46-/m0/s1. The zero-order valence-electron chi connectivity index (χ0n) is 33.4. The summed E-state index contributed by atoms with van der Waals surface area (Å²) in [6, 6.07) is 24.4. The molecule has 0 unspecified atom stereocenters. The predicted octanol–water partition coefficient (Wildman–Crippen LogP) is 9.98. The van der Waals surface area contributed by atoms with Crippen LogP contribution < -0.4 is 5.32 Å². The first-order valence-corrected chi connectivity index (χ1v) is 20.7. The molecule has 0 aliphatic carbocycles. The summed E-state index contributed by atoms with van der Waals surface area (Å²) >= 11 is 0. The van der Waals surface area contributed by atoms with Crippen LogP contribution in [0.3, 0.4) is 0 Å². The van der Waals surface area contributed by atoms with Gasteiger partial charge in [-0.05, 0) is 60.7 Å². The minimum Gasteiger partial charge on any atom is -0.453 e. The Hall–Kier alpha value is -3.56. The van der Waals surface area contributed by atoms with Crippen molar-refractivity contribution in [1.29, 1.82) is 0 Å². The van der Waals surface area contributed by atoms with Crippen LogP contribution in [0.25, 0.3) is 11.1 Å². The molecule has 0 spiro atoms. The number of esters is 1. The van der Waals surface area contributed by atoms with Crippen molar-refractivity contribution >= 4 is 11.9 Å². The minimum absolute atomic E-state index is 0.00448. The number of aliphatic hydroxyl groups excluding tert-OH is 1. The molecule has 8 nitrogen and oxygen atoms in total. The van der Waals surface area contributed by atoms with E-state index < -0.39 is 18.4 Å². The van der Waals surface area contributed by atoms with Gasteiger partial charge in [-0.3, -0.25) is 9.59 Å². The molecule has 0 aromatic heterocycles. The molecule has 0 bridgehead atoms. The third kappa shape index (κ3) is 14.6. The van der Waals surface area contributed by atoms with Crippen LogP contribution in [0.2, 0.25) is 0 Å². The molecule has 3 aromatic carbocycles. The molecule has 8 heteroatoms. The molecular formula is C46H66N2O6. The summed E-state index contributed by atoms with van der Waals surface area (Å²) in [4.78, 5) is 26.5. The summed E-state index contributed by atoms with van der Waals surface area (Å²) in [6.07, 6.45) is 14.7. The first kappa shape index (κ1) is 43.2. The van der Waals surface area contributed by atoms with Crippen LogP contribution in [0.15, 0.2) is 72.8 Å². The Bertz CT molecular complexity index is 1490. The second-order valence-electron chi connectivity index (χ2n) is 14.9. The van der Waals surface area contributed by atoms with E-state index >= 15 is 0 Å². The van der Waals surface area contributed by atoms with E-state index in [1.807, 2.05) is 36.4 Å². The highest BCUT2D eigenvalue weighted by molar-refractivity contribution is 5.83. The fraction of sp³-hybridized carbons (Fsp3) is 0.565. The largest absolute Gasteiger partial charge is 0.453 e. The molecule has 1 fully saturated rings. The second-order valence-corrected chi connectivity index (χ2v) is 14.9. The van der Waals surface area contributed by atoms with Crippen molar-refractivity contribution in [3.05, 3.63) is 95.1 Å². The molecule has 0 radical (unpaired) electrons. The number of nitrogens with one attached hydrogen (secondary N) is 1. The fourth-order valence-electron chi connectivity index (χ4n) is 7.25. The number of ether oxygens (including phenoxy) is 3. The molecule has 1 saturated heterocycles. The Kier molecular flexibility index (Phi) is 19.2. The van der Waals surface area contributed by atoms with Crippen LogP contribution >= 0.6 is 0 Å². The van der Waals surface area contributed by atoms with Gasteiger partial charge in [-0.15, -0.1) is 0 Å². The van der Waals surface area contributed by atoms with Gasteiger partial charge in [0.1, 0.15) is 0 Å². The summed E-state index contributed by atoms with van der Waals surface area (Å²) in [5, 5.41) is 12.6. The monoisotopic (exact) mass is 742 g/mol. The average molecular weight is 743 g/mol. The van der Waals surface area contributed by atoms with Crippen molar-refractivity contribution < 1.29 is 28.9 Å². The summed E-state index contributed by atoms with van der Waals surface area (Å²) in [6.45, 7) is 10.8. The highest BCUT2D eigenvalue weighted by Crippen LogP contribution is 2.39. The first-order valence-electron chi connectivity index (χ1n) is 20.7. The van der Waals surface area contributed by atoms with Crippen molar-refractivity contribution in [2.45, 2.75) is 149 Å². The Morgan fingerprint density at radius 1 is 0.796 bits per heavy atom. The van der Waals surface area contributed by atoms with Gasteiger partial charge >= 0.3 is 5.97 Å². The van der Waals surface area contributed by atoms with Gasteiger partial charge in [-0.1, -0.05) is 151 Å². The molecule has 3 aromatic rings. The number of carbonyl (C=O) groups excluding carboxylic acids is 2. The van der Waals surface area contributed by atoms with Crippen LogP contribution in [-0.4, -0.2) is 53.7 Å². The van der Waals surface area contributed by atoms with Crippen LogP contribution in [0.5, 0.6) is 0 Å². The quantitative estimate of drug-likeness (QED) is 0.0697. The van der Waals surface area contributed by atoms with Crippen LogP contribution in [0, 0.1) is 0 Å². The van der Waals surface area contributed by atoms with Gasteiger partial charge in [0.05, 0.1) is 18.8 Å². The number of hydrogen-bond donors (Lipinski definition) is 2. The molecule has 54 heavy (non-hydrogen) atoms. The predicted molar refractivity (Wildman–Crippen MR) is 217 cm³/mol.